The Hall–Kier alpha value is -0.280. The van der Waals surface area contributed by atoms with Crippen molar-refractivity contribution in [2.45, 2.75) is 46.6 Å². The van der Waals surface area contributed by atoms with Crippen LogP contribution in [0.15, 0.2) is 18.2 Å². The second-order valence-corrected chi connectivity index (χ2v) is 7.13. The molecular formula is C15H24Cl2N2. The predicted molar refractivity (Wildman–Crippen MR) is 84.5 cm³/mol. The van der Waals surface area contributed by atoms with Crippen molar-refractivity contribution < 1.29 is 0 Å². The molecule has 3 N–H and O–H groups in total. The Morgan fingerprint density at radius 1 is 1.21 bits per heavy atom. The van der Waals surface area contributed by atoms with Gasteiger partial charge < -0.3 is 0 Å². The van der Waals surface area contributed by atoms with Crippen molar-refractivity contribution in [3.8, 4) is 0 Å². The van der Waals surface area contributed by atoms with Gasteiger partial charge in [0, 0.05) is 6.04 Å². The Morgan fingerprint density at radius 3 is 2.32 bits per heavy atom. The molecule has 1 rings (SSSR count). The third kappa shape index (κ3) is 5.31. The molecular weight excluding hydrogens is 279 g/mol. The van der Waals surface area contributed by atoms with Crippen LogP contribution >= 0.6 is 23.2 Å². The van der Waals surface area contributed by atoms with Crippen molar-refractivity contribution in [3.05, 3.63) is 33.8 Å². The number of nitrogens with two attached hydrogens (primary N) is 1. The first kappa shape index (κ1) is 16.8. The molecule has 0 aromatic heterocycles. The highest BCUT2D eigenvalue weighted by Gasteiger charge is 2.23. The molecule has 1 aromatic carbocycles. The van der Waals surface area contributed by atoms with Crippen LogP contribution < -0.4 is 11.3 Å². The molecule has 0 heterocycles. The van der Waals surface area contributed by atoms with E-state index in [1.165, 1.54) is 0 Å². The molecule has 0 saturated heterocycles. The van der Waals surface area contributed by atoms with Crippen LogP contribution in [0.25, 0.3) is 0 Å². The minimum absolute atomic E-state index is 0.242. The average molecular weight is 303 g/mol. The van der Waals surface area contributed by atoms with E-state index < -0.39 is 0 Å². The van der Waals surface area contributed by atoms with Gasteiger partial charge in [0.2, 0.25) is 0 Å². The van der Waals surface area contributed by atoms with Gasteiger partial charge in [0.15, 0.2) is 0 Å². The molecule has 1 aromatic rings. The molecule has 0 radical (unpaired) electrons. The lowest BCUT2D eigenvalue weighted by Crippen LogP contribution is -2.39. The van der Waals surface area contributed by atoms with Crippen molar-refractivity contribution in [1.29, 1.82) is 0 Å². The first-order valence-corrected chi connectivity index (χ1v) is 7.39. The van der Waals surface area contributed by atoms with Gasteiger partial charge in [0.25, 0.3) is 0 Å². The van der Waals surface area contributed by atoms with Gasteiger partial charge in [-0.25, -0.2) is 0 Å². The molecule has 0 amide bonds. The first-order valence-electron chi connectivity index (χ1n) is 6.64. The van der Waals surface area contributed by atoms with Crippen LogP contribution in [0.1, 0.15) is 39.7 Å². The molecule has 2 nitrogen and oxygen atoms in total. The van der Waals surface area contributed by atoms with Gasteiger partial charge in [-0.15, -0.1) is 0 Å². The minimum Gasteiger partial charge on any atom is -0.271 e. The summed E-state index contributed by atoms with van der Waals surface area (Å²) < 4.78 is 0. The fraction of sp³-hybridized carbons (Fsp3) is 0.600. The quantitative estimate of drug-likeness (QED) is 0.623. The molecule has 2 unspecified atom stereocenters. The minimum atomic E-state index is 0.242. The third-order valence-corrected chi connectivity index (χ3v) is 4.56. The molecule has 0 aliphatic heterocycles. The van der Waals surface area contributed by atoms with Crippen LogP contribution in [-0.2, 0) is 6.42 Å². The zero-order valence-electron chi connectivity index (χ0n) is 12.1. The van der Waals surface area contributed by atoms with E-state index in [9.17, 15) is 0 Å². The lowest BCUT2D eigenvalue weighted by atomic mass is 9.78. The van der Waals surface area contributed by atoms with Crippen molar-refractivity contribution >= 4 is 23.2 Å². The highest BCUT2D eigenvalue weighted by Crippen LogP contribution is 2.30. The second-order valence-electron chi connectivity index (χ2n) is 6.32. The maximum Gasteiger partial charge on any atom is 0.0595 e. The molecule has 0 aliphatic carbocycles. The highest BCUT2D eigenvalue weighted by molar-refractivity contribution is 6.42. The Labute approximate surface area is 126 Å². The summed E-state index contributed by atoms with van der Waals surface area (Å²) >= 11 is 12.0. The summed E-state index contributed by atoms with van der Waals surface area (Å²) in [5.74, 6) is 6.25. The van der Waals surface area contributed by atoms with Crippen molar-refractivity contribution in [2.24, 2.45) is 17.2 Å². The van der Waals surface area contributed by atoms with Crippen LogP contribution in [0, 0.1) is 11.3 Å². The van der Waals surface area contributed by atoms with Crippen LogP contribution in [-0.4, -0.2) is 6.04 Å². The van der Waals surface area contributed by atoms with Crippen molar-refractivity contribution in [1.82, 2.24) is 5.43 Å². The Balaban J connectivity index is 2.69. The fourth-order valence-electron chi connectivity index (χ4n) is 1.94. The Kier molecular flexibility index (Phi) is 6.13. The van der Waals surface area contributed by atoms with E-state index in [0.717, 1.165) is 18.4 Å². The van der Waals surface area contributed by atoms with Crippen LogP contribution in [0.5, 0.6) is 0 Å². The molecule has 2 atom stereocenters. The highest BCUT2D eigenvalue weighted by atomic mass is 35.5. The van der Waals surface area contributed by atoms with Gasteiger partial charge in [-0.1, -0.05) is 57.0 Å². The van der Waals surface area contributed by atoms with E-state index in [1.54, 1.807) is 0 Å². The summed E-state index contributed by atoms with van der Waals surface area (Å²) in [7, 11) is 0. The van der Waals surface area contributed by atoms with E-state index in [1.807, 2.05) is 18.2 Å². The number of benzene rings is 1. The molecule has 0 saturated carbocycles. The number of nitrogens with one attached hydrogen (secondary N) is 1. The van der Waals surface area contributed by atoms with Crippen molar-refractivity contribution in [3.63, 3.8) is 0 Å². The van der Waals surface area contributed by atoms with E-state index in [0.29, 0.717) is 16.0 Å². The summed E-state index contributed by atoms with van der Waals surface area (Å²) in [6, 6.07) is 5.99. The summed E-state index contributed by atoms with van der Waals surface area (Å²) in [4.78, 5) is 0. The smallest absolute Gasteiger partial charge is 0.0595 e. The normalized spacial score (nSPS) is 15.3. The number of halogens is 2. The lowest BCUT2D eigenvalue weighted by molar-refractivity contribution is 0.222. The summed E-state index contributed by atoms with van der Waals surface area (Å²) in [5, 5.41) is 1.18. The Bertz CT molecular complexity index is 413. The number of rotatable bonds is 5. The van der Waals surface area contributed by atoms with E-state index in [-0.39, 0.29) is 11.5 Å². The van der Waals surface area contributed by atoms with Gasteiger partial charge >= 0.3 is 0 Å². The largest absolute Gasteiger partial charge is 0.271 e. The zero-order valence-corrected chi connectivity index (χ0v) is 13.6. The monoisotopic (exact) mass is 302 g/mol. The molecule has 4 heteroatoms. The third-order valence-electron chi connectivity index (χ3n) is 3.82. The Morgan fingerprint density at radius 2 is 1.84 bits per heavy atom. The summed E-state index contributed by atoms with van der Waals surface area (Å²) in [5.41, 5.74) is 4.35. The van der Waals surface area contributed by atoms with E-state index in [4.69, 9.17) is 29.0 Å². The SMILES string of the molecule is CC(CC(Cc1ccc(Cl)c(Cl)c1)NN)C(C)(C)C. The summed E-state index contributed by atoms with van der Waals surface area (Å²) in [6.45, 7) is 9.03. The fourth-order valence-corrected chi connectivity index (χ4v) is 2.26. The number of hydrogen-bond donors (Lipinski definition) is 2. The topological polar surface area (TPSA) is 38.0 Å². The van der Waals surface area contributed by atoms with Gasteiger partial charge in [0.05, 0.1) is 10.0 Å². The standard InChI is InChI=1S/C15H24Cl2N2/c1-10(15(2,3)4)7-12(19-18)8-11-5-6-13(16)14(17)9-11/h5-6,9-10,12,19H,7-8,18H2,1-4H3. The molecule has 19 heavy (non-hydrogen) atoms. The van der Waals surface area contributed by atoms with E-state index in [2.05, 4.69) is 33.1 Å². The molecule has 108 valence electrons. The lowest BCUT2D eigenvalue weighted by Gasteiger charge is -2.30. The molecule has 0 aliphatic rings. The molecule has 0 bridgehead atoms. The van der Waals surface area contributed by atoms with Gasteiger partial charge in [0.1, 0.15) is 0 Å². The van der Waals surface area contributed by atoms with Crippen LogP contribution in [0.4, 0.5) is 0 Å². The maximum absolute atomic E-state index is 6.04. The van der Waals surface area contributed by atoms with Gasteiger partial charge in [-0.05, 0) is 41.9 Å². The second kappa shape index (κ2) is 6.94. The molecule has 0 spiro atoms. The van der Waals surface area contributed by atoms with Crippen LogP contribution in [0.3, 0.4) is 0 Å². The van der Waals surface area contributed by atoms with Crippen LogP contribution in [0.2, 0.25) is 10.0 Å². The number of hydrogen-bond acceptors (Lipinski definition) is 2. The maximum atomic E-state index is 6.04. The average Bonchev–Trinajstić information content (AvgIpc) is 2.31. The predicted octanol–water partition coefficient (Wildman–Crippen LogP) is 4.44. The van der Waals surface area contributed by atoms with E-state index >= 15 is 0 Å². The van der Waals surface area contributed by atoms with Crippen molar-refractivity contribution in [2.75, 3.05) is 0 Å². The number of hydrazine groups is 1. The zero-order chi connectivity index (χ0) is 14.6. The summed E-state index contributed by atoms with van der Waals surface area (Å²) in [6.07, 6.45) is 1.88. The molecule has 0 fully saturated rings. The first-order chi connectivity index (χ1) is 8.74. The van der Waals surface area contributed by atoms with Gasteiger partial charge in [-0.3, -0.25) is 11.3 Å². The van der Waals surface area contributed by atoms with Gasteiger partial charge in [-0.2, -0.15) is 0 Å².